The molecule has 0 aliphatic heterocycles. The normalized spacial score (nSPS) is 10.7. The summed E-state index contributed by atoms with van der Waals surface area (Å²) >= 11 is 0. The third-order valence-electron chi connectivity index (χ3n) is 2.98. The zero-order valence-corrected chi connectivity index (χ0v) is 9.79. The number of nitrogens with zero attached hydrogens (tertiary/aromatic N) is 1. The Bertz CT molecular complexity index is 760. The van der Waals surface area contributed by atoms with Gasteiger partial charge in [0.25, 0.3) is 0 Å². The number of nitrogens with one attached hydrogen (secondary N) is 1. The van der Waals surface area contributed by atoms with Crippen LogP contribution in [0.2, 0.25) is 0 Å². The minimum absolute atomic E-state index is 0.145. The van der Waals surface area contributed by atoms with Crippen molar-refractivity contribution in [1.82, 2.24) is 9.97 Å². The van der Waals surface area contributed by atoms with Crippen LogP contribution in [0.15, 0.2) is 42.7 Å². The lowest BCUT2D eigenvalue weighted by molar-refractivity contribution is 0.0696. The van der Waals surface area contributed by atoms with Crippen molar-refractivity contribution in [2.24, 2.45) is 0 Å². The molecule has 3 N–H and O–H groups in total. The van der Waals surface area contributed by atoms with Crippen LogP contribution in [-0.4, -0.2) is 26.2 Å². The van der Waals surface area contributed by atoms with E-state index in [9.17, 15) is 9.90 Å². The molecule has 0 unspecified atom stereocenters. The van der Waals surface area contributed by atoms with Crippen molar-refractivity contribution < 1.29 is 15.0 Å². The Kier molecular flexibility index (Phi) is 2.45. The second-order valence-electron chi connectivity index (χ2n) is 4.14. The number of aromatic carboxylic acids is 1. The molecule has 0 spiro atoms. The van der Waals surface area contributed by atoms with Gasteiger partial charge in [-0.1, -0.05) is 12.1 Å². The molecule has 1 aromatic carbocycles. The van der Waals surface area contributed by atoms with Gasteiger partial charge >= 0.3 is 5.97 Å². The number of H-pyrrole nitrogens is 1. The van der Waals surface area contributed by atoms with E-state index < -0.39 is 5.97 Å². The van der Waals surface area contributed by atoms with Gasteiger partial charge in [-0.25, -0.2) is 4.79 Å². The summed E-state index contributed by atoms with van der Waals surface area (Å²) in [4.78, 5) is 17.9. The van der Waals surface area contributed by atoms with Crippen LogP contribution in [0.25, 0.3) is 22.2 Å². The first-order chi connectivity index (χ1) is 9.16. The lowest BCUT2D eigenvalue weighted by Gasteiger charge is -2.00. The molecule has 3 rings (SSSR count). The van der Waals surface area contributed by atoms with Crippen LogP contribution in [0.4, 0.5) is 0 Å². The molecule has 19 heavy (non-hydrogen) atoms. The number of phenols is 1. The molecule has 2 aromatic heterocycles. The number of aromatic nitrogens is 2. The number of benzene rings is 1. The molecular weight excluding hydrogens is 244 g/mol. The number of aromatic amines is 1. The fourth-order valence-electron chi connectivity index (χ4n) is 2.03. The number of rotatable bonds is 2. The average Bonchev–Trinajstić information content (AvgIpc) is 2.84. The Morgan fingerprint density at radius 3 is 2.74 bits per heavy atom. The molecule has 0 aliphatic carbocycles. The van der Waals surface area contributed by atoms with Crippen molar-refractivity contribution in [1.29, 1.82) is 0 Å². The number of hydrogen-bond donors (Lipinski definition) is 3. The number of carboxylic acids is 1. The molecule has 0 aliphatic rings. The van der Waals surface area contributed by atoms with Crippen LogP contribution in [0, 0.1) is 0 Å². The molecule has 0 bridgehead atoms. The van der Waals surface area contributed by atoms with Gasteiger partial charge < -0.3 is 15.2 Å². The van der Waals surface area contributed by atoms with Gasteiger partial charge in [-0.2, -0.15) is 0 Å². The Morgan fingerprint density at radius 1 is 1.21 bits per heavy atom. The summed E-state index contributed by atoms with van der Waals surface area (Å²) in [7, 11) is 0. The summed E-state index contributed by atoms with van der Waals surface area (Å²) in [6.45, 7) is 0. The van der Waals surface area contributed by atoms with Crippen LogP contribution in [0.3, 0.4) is 0 Å². The van der Waals surface area contributed by atoms with Crippen LogP contribution >= 0.6 is 0 Å². The summed E-state index contributed by atoms with van der Waals surface area (Å²) in [6, 6.07) is 8.38. The Morgan fingerprint density at radius 2 is 2.05 bits per heavy atom. The summed E-state index contributed by atoms with van der Waals surface area (Å²) in [5, 5.41) is 19.4. The maximum Gasteiger partial charge on any atom is 0.337 e. The fourth-order valence-corrected chi connectivity index (χ4v) is 2.03. The standard InChI is InChI=1S/C14H10N2O3/c17-12-3-1-2-9-10(7-16-13(9)12)11-5-4-8(6-15-11)14(18)19/h1-7,16-17H,(H,18,19). The molecule has 94 valence electrons. The van der Waals surface area contributed by atoms with E-state index >= 15 is 0 Å². The maximum absolute atomic E-state index is 10.8. The van der Waals surface area contributed by atoms with E-state index in [0.717, 1.165) is 10.9 Å². The molecule has 3 aromatic rings. The molecule has 5 nitrogen and oxygen atoms in total. The largest absolute Gasteiger partial charge is 0.506 e. The molecule has 2 heterocycles. The van der Waals surface area contributed by atoms with Gasteiger partial charge in [0.05, 0.1) is 16.8 Å². The Balaban J connectivity index is 2.14. The minimum atomic E-state index is -1.00. The van der Waals surface area contributed by atoms with Crippen LogP contribution in [0.1, 0.15) is 10.4 Å². The van der Waals surface area contributed by atoms with E-state index in [1.54, 1.807) is 24.4 Å². The Labute approximate surface area is 108 Å². The quantitative estimate of drug-likeness (QED) is 0.656. The van der Waals surface area contributed by atoms with Gasteiger partial charge in [0, 0.05) is 23.3 Å². The molecule has 0 radical (unpaired) electrons. The summed E-state index contributed by atoms with van der Waals surface area (Å²) in [5.41, 5.74) is 2.26. The number of hydrogen-bond acceptors (Lipinski definition) is 3. The maximum atomic E-state index is 10.8. The van der Waals surface area contributed by atoms with Gasteiger partial charge in [0.1, 0.15) is 5.75 Å². The molecule has 0 saturated carbocycles. The Hall–Kier alpha value is -2.82. The second-order valence-corrected chi connectivity index (χ2v) is 4.14. The average molecular weight is 254 g/mol. The number of carbonyl (C=O) groups is 1. The number of carboxylic acid groups (broad SMARTS) is 1. The molecule has 0 saturated heterocycles. The van der Waals surface area contributed by atoms with Gasteiger partial charge in [0.2, 0.25) is 0 Å². The van der Waals surface area contributed by atoms with Crippen molar-refractivity contribution in [3.63, 3.8) is 0 Å². The summed E-state index contributed by atoms with van der Waals surface area (Å²) in [5.74, 6) is -0.832. The lowest BCUT2D eigenvalue weighted by Crippen LogP contribution is -1.96. The highest BCUT2D eigenvalue weighted by Gasteiger charge is 2.10. The van der Waals surface area contributed by atoms with Gasteiger partial charge in [-0.05, 0) is 18.2 Å². The van der Waals surface area contributed by atoms with E-state index in [1.807, 2.05) is 6.07 Å². The number of pyridine rings is 1. The molecule has 0 amide bonds. The number of phenolic OH excluding ortho intramolecular Hbond substituents is 1. The molecule has 5 heteroatoms. The number of aromatic hydroxyl groups is 1. The van der Waals surface area contributed by atoms with Gasteiger partial charge in [-0.3, -0.25) is 4.98 Å². The van der Waals surface area contributed by atoms with Crippen molar-refractivity contribution in [3.8, 4) is 17.0 Å². The van der Waals surface area contributed by atoms with E-state index in [2.05, 4.69) is 9.97 Å². The monoisotopic (exact) mass is 254 g/mol. The topological polar surface area (TPSA) is 86.2 Å². The van der Waals surface area contributed by atoms with E-state index in [4.69, 9.17) is 5.11 Å². The summed E-state index contributed by atoms with van der Waals surface area (Å²) < 4.78 is 0. The second kappa shape index (κ2) is 4.13. The SMILES string of the molecule is O=C(O)c1ccc(-c2c[nH]c3c(O)cccc23)nc1. The smallest absolute Gasteiger partial charge is 0.337 e. The molecule has 0 atom stereocenters. The lowest BCUT2D eigenvalue weighted by atomic mass is 10.1. The third-order valence-corrected chi connectivity index (χ3v) is 2.98. The number of fused-ring (bicyclic) bond motifs is 1. The highest BCUT2D eigenvalue weighted by atomic mass is 16.4. The van der Waals surface area contributed by atoms with Gasteiger partial charge in [0.15, 0.2) is 0 Å². The van der Waals surface area contributed by atoms with Crippen molar-refractivity contribution >= 4 is 16.9 Å². The van der Waals surface area contributed by atoms with Gasteiger partial charge in [-0.15, -0.1) is 0 Å². The first-order valence-corrected chi connectivity index (χ1v) is 5.65. The molecule has 0 fully saturated rings. The zero-order chi connectivity index (χ0) is 13.4. The van der Waals surface area contributed by atoms with Crippen LogP contribution < -0.4 is 0 Å². The molecular formula is C14H10N2O3. The van der Waals surface area contributed by atoms with E-state index in [1.165, 1.54) is 12.3 Å². The third kappa shape index (κ3) is 1.81. The van der Waals surface area contributed by atoms with E-state index in [-0.39, 0.29) is 11.3 Å². The first-order valence-electron chi connectivity index (χ1n) is 5.65. The van der Waals surface area contributed by atoms with Crippen molar-refractivity contribution in [2.45, 2.75) is 0 Å². The highest BCUT2D eigenvalue weighted by Crippen LogP contribution is 2.31. The van der Waals surface area contributed by atoms with Crippen molar-refractivity contribution in [3.05, 3.63) is 48.3 Å². The predicted molar refractivity (Wildman–Crippen MR) is 70.2 cm³/mol. The fraction of sp³-hybridized carbons (Fsp3) is 0. The first kappa shape index (κ1) is 11.3. The highest BCUT2D eigenvalue weighted by molar-refractivity contribution is 5.97. The van der Waals surface area contributed by atoms with Crippen LogP contribution in [-0.2, 0) is 0 Å². The summed E-state index contributed by atoms with van der Waals surface area (Å²) in [6.07, 6.45) is 3.06. The zero-order valence-electron chi connectivity index (χ0n) is 9.79. The minimum Gasteiger partial charge on any atom is -0.506 e. The number of para-hydroxylation sites is 1. The van der Waals surface area contributed by atoms with E-state index in [0.29, 0.717) is 11.2 Å². The van der Waals surface area contributed by atoms with Crippen LogP contribution in [0.5, 0.6) is 5.75 Å². The predicted octanol–water partition coefficient (Wildman–Crippen LogP) is 2.63. The van der Waals surface area contributed by atoms with Crippen molar-refractivity contribution in [2.75, 3.05) is 0 Å².